The fourth-order valence-corrected chi connectivity index (χ4v) is 2.88. The van der Waals surface area contributed by atoms with E-state index in [0.29, 0.717) is 11.6 Å². The lowest BCUT2D eigenvalue weighted by atomic mass is 10.1. The van der Waals surface area contributed by atoms with E-state index in [2.05, 4.69) is 10.3 Å². The zero-order valence-electron chi connectivity index (χ0n) is 14.8. The largest absolute Gasteiger partial charge is 0.331 e. The second kappa shape index (κ2) is 8.06. The van der Waals surface area contributed by atoms with Crippen molar-refractivity contribution in [3.05, 3.63) is 83.4 Å². The Morgan fingerprint density at radius 1 is 1.23 bits per heavy atom. The normalized spacial score (nSPS) is 11.8. The van der Waals surface area contributed by atoms with E-state index in [1.807, 2.05) is 66.2 Å². The number of hydrogen-bond donors (Lipinski definition) is 1. The third-order valence-corrected chi connectivity index (χ3v) is 4.62. The van der Waals surface area contributed by atoms with Crippen LogP contribution in [0, 0.1) is 0 Å². The van der Waals surface area contributed by atoms with E-state index in [1.165, 1.54) is 0 Å². The molecular formula is C20H21ClN4O. The number of nitrogens with one attached hydrogen (secondary N) is 1. The number of aromatic nitrogens is 2. The highest BCUT2D eigenvalue weighted by Crippen LogP contribution is 2.18. The number of urea groups is 1. The first-order valence-corrected chi connectivity index (χ1v) is 8.75. The first-order chi connectivity index (χ1) is 12.5. The minimum atomic E-state index is -0.142. The minimum Gasteiger partial charge on any atom is -0.331 e. The summed E-state index contributed by atoms with van der Waals surface area (Å²) in [5, 5.41) is 3.68. The van der Waals surface area contributed by atoms with E-state index >= 15 is 0 Å². The molecule has 0 saturated heterocycles. The minimum absolute atomic E-state index is 0.104. The topological polar surface area (TPSA) is 50.2 Å². The molecule has 0 radical (unpaired) electrons. The van der Waals surface area contributed by atoms with Gasteiger partial charge in [0, 0.05) is 36.7 Å². The van der Waals surface area contributed by atoms with Crippen LogP contribution in [0.4, 0.5) is 4.79 Å². The highest BCUT2D eigenvalue weighted by atomic mass is 35.5. The molecule has 0 aliphatic rings. The van der Waals surface area contributed by atoms with Crippen LogP contribution in [-0.4, -0.2) is 27.5 Å². The van der Waals surface area contributed by atoms with Crippen molar-refractivity contribution in [3.8, 4) is 5.69 Å². The van der Waals surface area contributed by atoms with Crippen LogP contribution in [0.2, 0.25) is 5.02 Å². The van der Waals surface area contributed by atoms with Crippen molar-refractivity contribution in [3.63, 3.8) is 0 Å². The van der Waals surface area contributed by atoms with Gasteiger partial charge in [-0.1, -0.05) is 41.9 Å². The first-order valence-electron chi connectivity index (χ1n) is 8.38. The molecule has 2 aromatic carbocycles. The fourth-order valence-electron chi connectivity index (χ4n) is 2.68. The van der Waals surface area contributed by atoms with Crippen molar-refractivity contribution in [1.29, 1.82) is 0 Å². The van der Waals surface area contributed by atoms with Crippen LogP contribution in [0.3, 0.4) is 0 Å². The second-order valence-electron chi connectivity index (χ2n) is 6.18. The fraction of sp³-hybridized carbons (Fsp3) is 0.200. The molecule has 134 valence electrons. The molecule has 0 unspecified atom stereocenters. The SMILES string of the molecule is C[C@@H](NC(=O)N(C)Cc1ccccc1Cl)c1ccc(-n2ccnc2)cc1. The lowest BCUT2D eigenvalue weighted by Gasteiger charge is -2.22. The molecule has 1 aromatic heterocycles. The summed E-state index contributed by atoms with van der Waals surface area (Å²) < 4.78 is 1.93. The highest BCUT2D eigenvalue weighted by molar-refractivity contribution is 6.31. The van der Waals surface area contributed by atoms with Gasteiger partial charge in [-0.25, -0.2) is 9.78 Å². The van der Waals surface area contributed by atoms with Crippen molar-refractivity contribution in [2.24, 2.45) is 0 Å². The van der Waals surface area contributed by atoms with Crippen LogP contribution < -0.4 is 5.32 Å². The summed E-state index contributed by atoms with van der Waals surface area (Å²) in [6.45, 7) is 2.42. The van der Waals surface area contributed by atoms with Crippen molar-refractivity contribution in [2.75, 3.05) is 7.05 Å². The number of halogens is 1. The third-order valence-electron chi connectivity index (χ3n) is 4.25. The Kier molecular flexibility index (Phi) is 5.58. The van der Waals surface area contributed by atoms with Crippen LogP contribution in [0.15, 0.2) is 67.3 Å². The maximum absolute atomic E-state index is 12.5. The third kappa shape index (κ3) is 4.24. The molecule has 0 aliphatic carbocycles. The Bertz CT molecular complexity index is 862. The van der Waals surface area contributed by atoms with Gasteiger partial charge in [-0.2, -0.15) is 0 Å². The van der Waals surface area contributed by atoms with Gasteiger partial charge in [-0.15, -0.1) is 0 Å². The molecule has 1 N–H and O–H groups in total. The standard InChI is InChI=1S/C20H21ClN4O/c1-15(16-7-9-18(10-8-16)25-12-11-22-14-25)23-20(26)24(2)13-17-5-3-4-6-19(17)21/h3-12,14-15H,13H2,1-2H3,(H,23,26)/t15-/m1/s1. The lowest BCUT2D eigenvalue weighted by Crippen LogP contribution is -2.38. The molecule has 26 heavy (non-hydrogen) atoms. The van der Waals surface area contributed by atoms with Crippen LogP contribution in [0.25, 0.3) is 5.69 Å². The first kappa shape index (κ1) is 18.0. The Balaban J connectivity index is 1.60. The number of nitrogens with zero attached hydrogens (tertiary/aromatic N) is 3. The number of amides is 2. The van der Waals surface area contributed by atoms with Gasteiger partial charge >= 0.3 is 6.03 Å². The van der Waals surface area contributed by atoms with Gasteiger partial charge in [0.2, 0.25) is 0 Å². The van der Waals surface area contributed by atoms with Crippen molar-refractivity contribution in [1.82, 2.24) is 19.8 Å². The Morgan fingerprint density at radius 3 is 2.62 bits per heavy atom. The maximum atomic E-state index is 12.5. The summed E-state index contributed by atoms with van der Waals surface area (Å²) in [7, 11) is 1.76. The molecule has 2 amide bonds. The van der Waals surface area contributed by atoms with Gasteiger partial charge in [0.1, 0.15) is 0 Å². The maximum Gasteiger partial charge on any atom is 0.317 e. The molecule has 3 aromatic rings. The second-order valence-corrected chi connectivity index (χ2v) is 6.59. The van der Waals surface area contributed by atoms with Crippen LogP contribution in [0.5, 0.6) is 0 Å². The van der Waals surface area contributed by atoms with Gasteiger partial charge in [-0.3, -0.25) is 0 Å². The van der Waals surface area contributed by atoms with E-state index in [4.69, 9.17) is 11.6 Å². The highest BCUT2D eigenvalue weighted by Gasteiger charge is 2.14. The van der Waals surface area contributed by atoms with E-state index in [-0.39, 0.29) is 12.1 Å². The number of carbonyl (C=O) groups excluding carboxylic acids is 1. The Labute approximate surface area is 158 Å². The average Bonchev–Trinajstić information content (AvgIpc) is 3.18. The predicted molar refractivity (Wildman–Crippen MR) is 103 cm³/mol. The zero-order chi connectivity index (χ0) is 18.5. The molecule has 1 heterocycles. The Hall–Kier alpha value is -2.79. The smallest absolute Gasteiger partial charge is 0.317 e. The summed E-state index contributed by atoms with van der Waals surface area (Å²) in [6.07, 6.45) is 5.39. The zero-order valence-corrected chi connectivity index (χ0v) is 15.5. The van der Waals surface area contributed by atoms with Crippen LogP contribution >= 0.6 is 11.6 Å². The summed E-state index contributed by atoms with van der Waals surface area (Å²) in [5.74, 6) is 0. The van der Waals surface area contributed by atoms with Gasteiger partial charge in [0.15, 0.2) is 0 Å². The van der Waals surface area contributed by atoms with Crippen molar-refractivity contribution < 1.29 is 4.79 Å². The molecule has 0 saturated carbocycles. The van der Waals surface area contributed by atoms with E-state index < -0.39 is 0 Å². The quantitative estimate of drug-likeness (QED) is 0.724. The van der Waals surface area contributed by atoms with Crippen molar-refractivity contribution in [2.45, 2.75) is 19.5 Å². The van der Waals surface area contributed by atoms with Crippen LogP contribution in [0.1, 0.15) is 24.1 Å². The molecule has 0 fully saturated rings. The number of benzene rings is 2. The molecule has 5 nitrogen and oxygen atoms in total. The van der Waals surface area contributed by atoms with Gasteiger partial charge < -0.3 is 14.8 Å². The van der Waals surface area contributed by atoms with Crippen molar-refractivity contribution >= 4 is 17.6 Å². The molecular weight excluding hydrogens is 348 g/mol. The summed E-state index contributed by atoms with van der Waals surface area (Å²) in [5.41, 5.74) is 2.98. The molecule has 0 aliphatic heterocycles. The molecule has 6 heteroatoms. The molecule has 0 bridgehead atoms. The number of rotatable bonds is 5. The molecule has 1 atom stereocenters. The summed E-state index contributed by atoms with van der Waals surface area (Å²) in [6, 6.07) is 15.3. The number of carbonyl (C=O) groups is 1. The van der Waals surface area contributed by atoms with E-state index in [9.17, 15) is 4.79 Å². The number of imidazole rings is 1. The molecule has 0 spiro atoms. The lowest BCUT2D eigenvalue weighted by molar-refractivity contribution is 0.203. The molecule has 3 rings (SSSR count). The van der Waals surface area contributed by atoms with E-state index in [1.54, 1.807) is 24.5 Å². The number of hydrogen-bond acceptors (Lipinski definition) is 2. The monoisotopic (exact) mass is 368 g/mol. The van der Waals surface area contributed by atoms with E-state index in [0.717, 1.165) is 16.8 Å². The van der Waals surface area contributed by atoms with Gasteiger partial charge in [-0.05, 0) is 36.2 Å². The van der Waals surface area contributed by atoms with Crippen LogP contribution in [-0.2, 0) is 6.54 Å². The average molecular weight is 369 g/mol. The van der Waals surface area contributed by atoms with Gasteiger partial charge in [0.25, 0.3) is 0 Å². The summed E-state index contributed by atoms with van der Waals surface area (Å²) in [4.78, 5) is 18.1. The Morgan fingerprint density at radius 2 is 1.96 bits per heavy atom. The van der Waals surface area contributed by atoms with Gasteiger partial charge in [0.05, 0.1) is 12.4 Å². The summed E-state index contributed by atoms with van der Waals surface area (Å²) >= 11 is 6.17. The predicted octanol–water partition coefficient (Wildman–Crippen LogP) is 4.43.